The Labute approximate surface area is 142 Å². The maximum absolute atomic E-state index is 12.2. The van der Waals surface area contributed by atoms with Crippen LogP contribution in [0, 0.1) is 6.92 Å². The van der Waals surface area contributed by atoms with Crippen molar-refractivity contribution in [3.8, 4) is 0 Å². The summed E-state index contributed by atoms with van der Waals surface area (Å²) in [5.41, 5.74) is 0. The predicted molar refractivity (Wildman–Crippen MR) is 85.5 cm³/mol. The monoisotopic (exact) mass is 372 g/mol. The maximum Gasteiger partial charge on any atom is 0.293 e. The molecule has 0 spiro atoms. The van der Waals surface area contributed by atoms with Crippen LogP contribution < -0.4 is 10.0 Å². The highest BCUT2D eigenvalue weighted by Gasteiger charge is 2.24. The van der Waals surface area contributed by atoms with Gasteiger partial charge in [-0.25, -0.2) is 13.1 Å². The third kappa shape index (κ3) is 3.98. The summed E-state index contributed by atoms with van der Waals surface area (Å²) >= 11 is 1.20. The number of amides is 1. The highest BCUT2D eigenvalue weighted by Crippen LogP contribution is 2.18. The molecule has 11 heteroatoms. The van der Waals surface area contributed by atoms with Crippen molar-refractivity contribution in [1.82, 2.24) is 14.9 Å². The summed E-state index contributed by atoms with van der Waals surface area (Å²) in [5, 5.41) is 10.7. The molecule has 2 aromatic rings. The number of anilines is 1. The topological polar surface area (TPSA) is 123 Å². The number of carbonyl (C=O) groups is 1. The number of aryl methyl sites for hydroxylation is 1. The van der Waals surface area contributed by atoms with Gasteiger partial charge < -0.3 is 9.15 Å². The minimum atomic E-state index is -3.83. The first-order valence-electron chi connectivity index (χ1n) is 7.26. The summed E-state index contributed by atoms with van der Waals surface area (Å²) in [7, 11) is -3.83. The Morgan fingerprint density at radius 3 is 2.92 bits per heavy atom. The third-order valence-corrected chi connectivity index (χ3v) is 5.39. The van der Waals surface area contributed by atoms with E-state index in [9.17, 15) is 13.2 Å². The fourth-order valence-corrected chi connectivity index (χ4v) is 3.75. The van der Waals surface area contributed by atoms with Crippen LogP contribution in [0.15, 0.2) is 21.6 Å². The van der Waals surface area contributed by atoms with Crippen LogP contribution >= 0.6 is 11.3 Å². The Bertz CT molecular complexity index is 823. The molecule has 2 N–H and O–H groups in total. The molecule has 1 atom stereocenters. The summed E-state index contributed by atoms with van der Waals surface area (Å²) < 4.78 is 37.3. The molecule has 1 fully saturated rings. The molecule has 2 aromatic heterocycles. The summed E-state index contributed by atoms with van der Waals surface area (Å²) in [5.74, 6) is -0.716. The normalized spacial score (nSPS) is 18.0. The molecule has 9 nitrogen and oxygen atoms in total. The van der Waals surface area contributed by atoms with Crippen LogP contribution in [-0.4, -0.2) is 43.8 Å². The Hall–Kier alpha value is -1.82. The molecule has 0 saturated carbocycles. The van der Waals surface area contributed by atoms with E-state index in [-0.39, 0.29) is 23.5 Å². The molecule has 1 aliphatic rings. The van der Waals surface area contributed by atoms with Crippen molar-refractivity contribution >= 4 is 32.4 Å². The molecule has 1 saturated heterocycles. The van der Waals surface area contributed by atoms with E-state index in [1.54, 1.807) is 6.92 Å². The number of nitrogens with one attached hydrogen (secondary N) is 2. The Morgan fingerprint density at radius 2 is 2.25 bits per heavy atom. The number of carbonyl (C=O) groups excluding carboxylic acids is 1. The summed E-state index contributed by atoms with van der Waals surface area (Å²) in [4.78, 5) is 12.0. The molecule has 0 bridgehead atoms. The molecule has 1 amide bonds. The Balaban J connectivity index is 1.64. The molecule has 24 heavy (non-hydrogen) atoms. The highest BCUT2D eigenvalue weighted by atomic mass is 32.2. The van der Waals surface area contributed by atoms with Gasteiger partial charge in [-0.2, -0.15) is 0 Å². The van der Waals surface area contributed by atoms with E-state index in [2.05, 4.69) is 20.2 Å². The lowest BCUT2D eigenvalue weighted by atomic mass is 10.2. The number of rotatable bonds is 6. The van der Waals surface area contributed by atoms with Gasteiger partial charge in [0.1, 0.15) is 5.01 Å². The quantitative estimate of drug-likeness (QED) is 0.779. The van der Waals surface area contributed by atoms with E-state index in [1.807, 2.05) is 0 Å². The fraction of sp³-hybridized carbons (Fsp3) is 0.462. The molecule has 0 aromatic carbocycles. The molecular weight excluding hydrogens is 356 g/mol. The molecule has 1 aliphatic heterocycles. The zero-order chi connectivity index (χ0) is 17.2. The summed E-state index contributed by atoms with van der Waals surface area (Å²) in [6.45, 7) is 2.57. The number of hydrogen-bond acceptors (Lipinski definition) is 8. The second-order valence-electron chi connectivity index (χ2n) is 5.19. The predicted octanol–water partition coefficient (Wildman–Crippen LogP) is 1.15. The largest absolute Gasteiger partial charge is 0.438 e. The van der Waals surface area contributed by atoms with Crippen molar-refractivity contribution in [2.45, 2.75) is 31.0 Å². The van der Waals surface area contributed by atoms with Crippen LogP contribution in [0.3, 0.4) is 0 Å². The van der Waals surface area contributed by atoms with Crippen molar-refractivity contribution in [3.05, 3.63) is 22.9 Å². The number of sulfonamides is 1. The zero-order valence-corrected chi connectivity index (χ0v) is 14.4. The van der Waals surface area contributed by atoms with E-state index in [1.165, 1.54) is 23.5 Å². The maximum atomic E-state index is 12.2. The van der Waals surface area contributed by atoms with Crippen molar-refractivity contribution in [2.75, 3.05) is 18.5 Å². The molecule has 3 heterocycles. The van der Waals surface area contributed by atoms with Gasteiger partial charge in [0.25, 0.3) is 15.9 Å². The number of aromatic nitrogens is 2. The minimum Gasteiger partial charge on any atom is -0.438 e. The van der Waals surface area contributed by atoms with Gasteiger partial charge in [0.15, 0.2) is 5.76 Å². The van der Waals surface area contributed by atoms with E-state index < -0.39 is 15.9 Å². The average Bonchev–Trinajstić information content (AvgIpc) is 3.27. The Kier molecular flexibility index (Phi) is 4.94. The molecular formula is C13H16N4O5S2. The van der Waals surface area contributed by atoms with Crippen molar-refractivity contribution in [1.29, 1.82) is 0 Å². The average molecular weight is 372 g/mol. The van der Waals surface area contributed by atoms with Gasteiger partial charge >= 0.3 is 0 Å². The van der Waals surface area contributed by atoms with Gasteiger partial charge in [-0.15, -0.1) is 10.2 Å². The van der Waals surface area contributed by atoms with Crippen LogP contribution in [0.2, 0.25) is 0 Å². The Morgan fingerprint density at radius 1 is 1.42 bits per heavy atom. The molecule has 0 unspecified atom stereocenters. The summed E-state index contributed by atoms with van der Waals surface area (Å²) in [6.07, 6.45) is 1.61. The third-order valence-electron chi connectivity index (χ3n) is 3.34. The fourth-order valence-electron chi connectivity index (χ4n) is 2.17. The molecule has 0 radical (unpaired) electrons. The number of nitrogens with zero attached hydrogens (tertiary/aromatic N) is 2. The molecule has 3 rings (SSSR count). The second kappa shape index (κ2) is 6.97. The molecule has 0 aliphatic carbocycles. The van der Waals surface area contributed by atoms with Gasteiger partial charge in [0, 0.05) is 13.2 Å². The standard InChI is InChI=1S/C13H16N4O5S2/c1-8-16-17-13(23-8)15-12(18)10-4-5-11(22-10)24(19,20)14-7-9-3-2-6-21-9/h4-5,9,14H,2-3,6-7H2,1H3,(H,15,17,18)/t9-/m1/s1. The second-order valence-corrected chi connectivity index (χ2v) is 8.07. The van der Waals surface area contributed by atoms with Crippen LogP contribution in [0.4, 0.5) is 5.13 Å². The number of hydrogen-bond donors (Lipinski definition) is 2. The highest BCUT2D eigenvalue weighted by molar-refractivity contribution is 7.89. The number of furan rings is 1. The van der Waals surface area contributed by atoms with Gasteiger partial charge in [0.05, 0.1) is 6.10 Å². The first-order valence-corrected chi connectivity index (χ1v) is 9.56. The van der Waals surface area contributed by atoms with Gasteiger partial charge in [-0.05, 0) is 31.9 Å². The van der Waals surface area contributed by atoms with Crippen molar-refractivity contribution in [3.63, 3.8) is 0 Å². The summed E-state index contributed by atoms with van der Waals surface area (Å²) in [6, 6.07) is 2.53. The lowest BCUT2D eigenvalue weighted by Crippen LogP contribution is -2.31. The van der Waals surface area contributed by atoms with Crippen molar-refractivity contribution < 1.29 is 22.4 Å². The minimum absolute atomic E-state index is 0.125. The van der Waals surface area contributed by atoms with Gasteiger partial charge in [-0.3, -0.25) is 10.1 Å². The van der Waals surface area contributed by atoms with Crippen LogP contribution in [0.25, 0.3) is 0 Å². The van der Waals surface area contributed by atoms with E-state index in [0.29, 0.717) is 16.7 Å². The van der Waals surface area contributed by atoms with E-state index >= 15 is 0 Å². The van der Waals surface area contributed by atoms with Gasteiger partial charge in [0.2, 0.25) is 10.2 Å². The molecule has 130 valence electrons. The smallest absolute Gasteiger partial charge is 0.293 e. The van der Waals surface area contributed by atoms with Gasteiger partial charge in [-0.1, -0.05) is 11.3 Å². The van der Waals surface area contributed by atoms with E-state index in [0.717, 1.165) is 12.8 Å². The first kappa shape index (κ1) is 17.0. The SMILES string of the molecule is Cc1nnc(NC(=O)c2ccc(S(=O)(=O)NC[C@H]3CCCO3)o2)s1. The zero-order valence-electron chi connectivity index (χ0n) is 12.8. The first-order chi connectivity index (χ1) is 11.4. The van der Waals surface area contributed by atoms with Crippen LogP contribution in [0.5, 0.6) is 0 Å². The van der Waals surface area contributed by atoms with E-state index in [4.69, 9.17) is 9.15 Å². The lowest BCUT2D eigenvalue weighted by molar-refractivity contribution is 0.0991. The number of ether oxygens (including phenoxy) is 1. The van der Waals surface area contributed by atoms with Crippen LogP contribution in [-0.2, 0) is 14.8 Å². The lowest BCUT2D eigenvalue weighted by Gasteiger charge is -2.09. The van der Waals surface area contributed by atoms with Crippen molar-refractivity contribution in [2.24, 2.45) is 0 Å². The van der Waals surface area contributed by atoms with Crippen LogP contribution in [0.1, 0.15) is 28.4 Å².